The van der Waals surface area contributed by atoms with Crippen LogP contribution in [0.3, 0.4) is 0 Å². The number of rotatable bonds is 3. The Hall–Kier alpha value is -1.81. The summed E-state index contributed by atoms with van der Waals surface area (Å²) in [6.45, 7) is 2.40. The topological polar surface area (TPSA) is 62.1 Å². The molecule has 1 aromatic carbocycles. The highest BCUT2D eigenvalue weighted by molar-refractivity contribution is 5.98. The number of benzene rings is 1. The lowest BCUT2D eigenvalue weighted by Gasteiger charge is -2.32. The summed E-state index contributed by atoms with van der Waals surface area (Å²) in [6, 6.07) is 9.94. The van der Waals surface area contributed by atoms with Crippen LogP contribution in [0.2, 0.25) is 0 Å². The van der Waals surface area contributed by atoms with Gasteiger partial charge in [0.2, 0.25) is 0 Å². The van der Waals surface area contributed by atoms with Gasteiger partial charge < -0.3 is 15.6 Å². The van der Waals surface area contributed by atoms with Crippen LogP contribution < -0.4 is 5.73 Å². The van der Waals surface area contributed by atoms with Gasteiger partial charge in [-0.1, -0.05) is 18.2 Å². The maximum absolute atomic E-state index is 12.6. The summed E-state index contributed by atoms with van der Waals surface area (Å²) in [5, 5.41) is 1.09. The largest absolute Gasteiger partial charge is 0.351 e. The van der Waals surface area contributed by atoms with E-state index in [1.165, 1.54) is 6.42 Å². The SMILES string of the molecule is NCCC1CCCN(C(=O)c2cc3ccccc3[nH]2)C1. The number of hydrogen-bond donors (Lipinski definition) is 2. The lowest BCUT2D eigenvalue weighted by molar-refractivity contribution is 0.0664. The van der Waals surface area contributed by atoms with Crippen molar-refractivity contribution in [1.29, 1.82) is 0 Å². The molecule has 3 rings (SSSR count). The van der Waals surface area contributed by atoms with E-state index in [1.54, 1.807) is 0 Å². The number of aromatic amines is 1. The molecule has 2 heterocycles. The highest BCUT2D eigenvalue weighted by Gasteiger charge is 2.24. The Bertz CT molecular complexity index is 570. The Balaban J connectivity index is 1.77. The third kappa shape index (κ3) is 2.56. The van der Waals surface area contributed by atoms with Crippen molar-refractivity contribution in [2.45, 2.75) is 19.3 Å². The number of nitrogens with two attached hydrogens (primary N) is 1. The van der Waals surface area contributed by atoms with Crippen molar-refractivity contribution in [2.75, 3.05) is 19.6 Å². The quantitative estimate of drug-likeness (QED) is 0.900. The molecule has 4 nitrogen and oxygen atoms in total. The van der Waals surface area contributed by atoms with Crippen molar-refractivity contribution in [3.63, 3.8) is 0 Å². The van der Waals surface area contributed by atoms with Crippen molar-refractivity contribution in [1.82, 2.24) is 9.88 Å². The molecule has 0 radical (unpaired) electrons. The summed E-state index contributed by atoms with van der Waals surface area (Å²) in [4.78, 5) is 17.8. The molecular formula is C16H21N3O. The molecule has 0 saturated carbocycles. The van der Waals surface area contributed by atoms with E-state index in [1.807, 2.05) is 35.2 Å². The molecule has 1 aliphatic heterocycles. The fourth-order valence-electron chi connectivity index (χ4n) is 3.08. The number of aromatic nitrogens is 1. The standard InChI is InChI=1S/C16H21N3O/c17-8-7-12-4-3-9-19(11-12)16(20)15-10-13-5-1-2-6-14(13)18-15/h1-2,5-6,10,12,18H,3-4,7-9,11,17H2. The molecule has 1 saturated heterocycles. The lowest BCUT2D eigenvalue weighted by atomic mass is 9.94. The second-order valence-corrected chi connectivity index (χ2v) is 5.61. The first-order valence-electron chi connectivity index (χ1n) is 7.35. The number of nitrogens with zero attached hydrogens (tertiary/aromatic N) is 1. The van der Waals surface area contributed by atoms with Crippen molar-refractivity contribution < 1.29 is 4.79 Å². The zero-order valence-corrected chi connectivity index (χ0v) is 11.6. The average Bonchev–Trinajstić information content (AvgIpc) is 2.91. The van der Waals surface area contributed by atoms with E-state index in [-0.39, 0.29) is 5.91 Å². The van der Waals surface area contributed by atoms with Gasteiger partial charge in [-0.25, -0.2) is 0 Å². The minimum Gasteiger partial charge on any atom is -0.351 e. The minimum atomic E-state index is 0.114. The van der Waals surface area contributed by atoms with E-state index in [0.29, 0.717) is 18.2 Å². The molecule has 0 spiro atoms. The molecule has 2 aromatic rings. The zero-order chi connectivity index (χ0) is 13.9. The Morgan fingerprint density at radius 3 is 3.05 bits per heavy atom. The molecule has 1 fully saturated rings. The average molecular weight is 271 g/mol. The van der Waals surface area contributed by atoms with E-state index in [0.717, 1.165) is 36.8 Å². The Labute approximate surface area is 118 Å². The van der Waals surface area contributed by atoms with Crippen LogP contribution in [0.15, 0.2) is 30.3 Å². The predicted octanol–water partition coefficient (Wildman–Crippen LogP) is 2.37. The smallest absolute Gasteiger partial charge is 0.270 e. The highest BCUT2D eigenvalue weighted by atomic mass is 16.2. The number of fused-ring (bicyclic) bond motifs is 1. The first-order valence-corrected chi connectivity index (χ1v) is 7.35. The second kappa shape index (κ2) is 5.67. The Morgan fingerprint density at radius 2 is 2.25 bits per heavy atom. The first-order chi connectivity index (χ1) is 9.78. The van der Waals surface area contributed by atoms with Crippen molar-refractivity contribution >= 4 is 16.8 Å². The maximum Gasteiger partial charge on any atom is 0.270 e. The van der Waals surface area contributed by atoms with Gasteiger partial charge in [-0.15, -0.1) is 0 Å². The summed E-state index contributed by atoms with van der Waals surface area (Å²) in [5.41, 5.74) is 7.35. The minimum absolute atomic E-state index is 0.114. The van der Waals surface area contributed by atoms with Gasteiger partial charge in [-0.2, -0.15) is 0 Å². The lowest BCUT2D eigenvalue weighted by Crippen LogP contribution is -2.40. The van der Waals surface area contributed by atoms with Crippen molar-refractivity contribution in [2.24, 2.45) is 11.7 Å². The molecule has 20 heavy (non-hydrogen) atoms. The van der Waals surface area contributed by atoms with Crippen LogP contribution in [0, 0.1) is 5.92 Å². The number of hydrogen-bond acceptors (Lipinski definition) is 2. The van der Waals surface area contributed by atoms with Gasteiger partial charge in [-0.3, -0.25) is 4.79 Å². The van der Waals surface area contributed by atoms with E-state index in [2.05, 4.69) is 4.98 Å². The van der Waals surface area contributed by atoms with Crippen LogP contribution in [0.5, 0.6) is 0 Å². The van der Waals surface area contributed by atoms with Gasteiger partial charge in [0.25, 0.3) is 5.91 Å². The van der Waals surface area contributed by atoms with Crippen LogP contribution in [-0.2, 0) is 0 Å². The van der Waals surface area contributed by atoms with Crippen LogP contribution in [0.4, 0.5) is 0 Å². The van der Waals surface area contributed by atoms with E-state index in [9.17, 15) is 4.79 Å². The molecule has 1 atom stereocenters. The van der Waals surface area contributed by atoms with E-state index < -0.39 is 0 Å². The fraction of sp³-hybridized carbons (Fsp3) is 0.438. The number of amides is 1. The third-order valence-electron chi connectivity index (χ3n) is 4.14. The number of H-pyrrole nitrogens is 1. The molecule has 3 N–H and O–H groups in total. The number of para-hydroxylation sites is 1. The van der Waals surface area contributed by atoms with Gasteiger partial charge in [0.05, 0.1) is 0 Å². The molecular weight excluding hydrogens is 250 g/mol. The molecule has 1 unspecified atom stereocenters. The van der Waals surface area contributed by atoms with Crippen molar-refractivity contribution in [3.05, 3.63) is 36.0 Å². The highest BCUT2D eigenvalue weighted by Crippen LogP contribution is 2.22. The normalized spacial score (nSPS) is 19.4. The number of likely N-dealkylation sites (tertiary alicyclic amines) is 1. The summed E-state index contributed by atoms with van der Waals surface area (Å²) < 4.78 is 0. The molecule has 4 heteroatoms. The number of carbonyl (C=O) groups is 1. The van der Waals surface area contributed by atoms with Crippen LogP contribution in [0.25, 0.3) is 10.9 Å². The summed E-state index contributed by atoms with van der Waals surface area (Å²) in [5.74, 6) is 0.671. The van der Waals surface area contributed by atoms with Crippen LogP contribution in [0.1, 0.15) is 29.8 Å². The van der Waals surface area contributed by atoms with Gasteiger partial charge in [-0.05, 0) is 43.9 Å². The maximum atomic E-state index is 12.6. The van der Waals surface area contributed by atoms with Gasteiger partial charge in [0.1, 0.15) is 5.69 Å². The van der Waals surface area contributed by atoms with Crippen LogP contribution >= 0.6 is 0 Å². The summed E-state index contributed by atoms with van der Waals surface area (Å²) in [6.07, 6.45) is 3.28. The molecule has 0 aliphatic carbocycles. The molecule has 1 aliphatic rings. The molecule has 0 bridgehead atoms. The molecule has 1 aromatic heterocycles. The van der Waals surface area contributed by atoms with Gasteiger partial charge in [0.15, 0.2) is 0 Å². The predicted molar refractivity (Wildman–Crippen MR) is 80.6 cm³/mol. The van der Waals surface area contributed by atoms with Gasteiger partial charge in [0, 0.05) is 24.0 Å². The molecule has 1 amide bonds. The van der Waals surface area contributed by atoms with Crippen LogP contribution in [-0.4, -0.2) is 35.4 Å². The number of piperidine rings is 1. The summed E-state index contributed by atoms with van der Waals surface area (Å²) >= 11 is 0. The Morgan fingerprint density at radius 1 is 1.40 bits per heavy atom. The number of nitrogens with one attached hydrogen (secondary N) is 1. The zero-order valence-electron chi connectivity index (χ0n) is 11.6. The van der Waals surface area contributed by atoms with Gasteiger partial charge >= 0.3 is 0 Å². The Kier molecular flexibility index (Phi) is 3.74. The van der Waals surface area contributed by atoms with E-state index >= 15 is 0 Å². The van der Waals surface area contributed by atoms with Crippen molar-refractivity contribution in [3.8, 4) is 0 Å². The first kappa shape index (κ1) is 13.2. The monoisotopic (exact) mass is 271 g/mol. The second-order valence-electron chi connectivity index (χ2n) is 5.61. The molecule has 106 valence electrons. The number of carbonyl (C=O) groups excluding carboxylic acids is 1. The summed E-state index contributed by atoms with van der Waals surface area (Å²) in [7, 11) is 0. The fourth-order valence-corrected chi connectivity index (χ4v) is 3.08. The van der Waals surface area contributed by atoms with E-state index in [4.69, 9.17) is 5.73 Å². The third-order valence-corrected chi connectivity index (χ3v) is 4.14.